The van der Waals surface area contributed by atoms with Crippen LogP contribution >= 0.6 is 23.4 Å². The van der Waals surface area contributed by atoms with Crippen LogP contribution in [0.1, 0.15) is 23.6 Å². The van der Waals surface area contributed by atoms with E-state index in [9.17, 15) is 4.39 Å². The highest BCUT2D eigenvalue weighted by Crippen LogP contribution is 2.39. The van der Waals surface area contributed by atoms with Crippen molar-refractivity contribution in [2.45, 2.75) is 24.3 Å². The van der Waals surface area contributed by atoms with Gasteiger partial charge in [-0.05, 0) is 60.9 Å². The fraction of sp³-hybridized carbons (Fsp3) is 0.250. The molecule has 2 aromatic carbocycles. The van der Waals surface area contributed by atoms with Crippen molar-refractivity contribution < 1.29 is 4.39 Å². The molecule has 1 atom stereocenters. The fourth-order valence-electron chi connectivity index (χ4n) is 2.49. The minimum Gasteiger partial charge on any atom is -0.378 e. The number of halogens is 2. The van der Waals surface area contributed by atoms with Gasteiger partial charge in [-0.2, -0.15) is 0 Å². The Labute approximate surface area is 127 Å². The second kappa shape index (κ2) is 5.66. The molecule has 20 heavy (non-hydrogen) atoms. The fourth-order valence-corrected chi connectivity index (χ4v) is 3.78. The van der Waals surface area contributed by atoms with Crippen LogP contribution in [0.2, 0.25) is 5.02 Å². The smallest absolute Gasteiger partial charge is 0.123 e. The lowest BCUT2D eigenvalue weighted by atomic mass is 10.0. The molecule has 0 amide bonds. The molecule has 1 nitrogen and oxygen atoms in total. The number of fused-ring (bicyclic) bond motifs is 1. The maximum Gasteiger partial charge on any atom is 0.123 e. The van der Waals surface area contributed by atoms with Gasteiger partial charge in [0.25, 0.3) is 0 Å². The minimum absolute atomic E-state index is 0.198. The first-order valence-electron chi connectivity index (χ1n) is 6.58. The third-order valence-electron chi connectivity index (χ3n) is 3.53. The van der Waals surface area contributed by atoms with Crippen LogP contribution in [0, 0.1) is 12.7 Å². The van der Waals surface area contributed by atoms with E-state index in [0.717, 1.165) is 28.4 Å². The molecule has 0 saturated heterocycles. The predicted octanol–water partition coefficient (Wildman–Crippen LogP) is 5.44. The van der Waals surface area contributed by atoms with Gasteiger partial charge in [0.15, 0.2) is 0 Å². The Morgan fingerprint density at radius 2 is 2.10 bits per heavy atom. The second-order valence-corrected chi connectivity index (χ2v) is 6.55. The van der Waals surface area contributed by atoms with Crippen LogP contribution in [0.4, 0.5) is 10.1 Å². The quantitative estimate of drug-likeness (QED) is 0.793. The first-order valence-corrected chi connectivity index (χ1v) is 7.95. The average molecular weight is 308 g/mol. The molecule has 3 rings (SSSR count). The molecule has 1 aliphatic heterocycles. The van der Waals surface area contributed by atoms with Crippen LogP contribution in [0.15, 0.2) is 41.3 Å². The molecule has 4 heteroatoms. The highest BCUT2D eigenvalue weighted by Gasteiger charge is 2.21. The van der Waals surface area contributed by atoms with Crippen molar-refractivity contribution in [1.82, 2.24) is 0 Å². The molecule has 0 radical (unpaired) electrons. The molecule has 1 aliphatic rings. The summed E-state index contributed by atoms with van der Waals surface area (Å²) in [7, 11) is 0. The van der Waals surface area contributed by atoms with Crippen molar-refractivity contribution in [1.29, 1.82) is 0 Å². The molecular weight excluding hydrogens is 293 g/mol. The lowest BCUT2D eigenvalue weighted by molar-refractivity contribution is 0.626. The minimum atomic E-state index is -0.198. The lowest BCUT2D eigenvalue weighted by Gasteiger charge is -2.27. The van der Waals surface area contributed by atoms with Crippen molar-refractivity contribution in [2.75, 3.05) is 11.1 Å². The zero-order chi connectivity index (χ0) is 14.1. The molecule has 0 bridgehead atoms. The molecular formula is C16H15ClFNS. The Hall–Kier alpha value is -1.19. The van der Waals surface area contributed by atoms with Gasteiger partial charge in [0, 0.05) is 21.4 Å². The zero-order valence-electron chi connectivity index (χ0n) is 11.1. The largest absolute Gasteiger partial charge is 0.378 e. The molecule has 0 fully saturated rings. The van der Waals surface area contributed by atoms with Crippen LogP contribution in [-0.2, 0) is 0 Å². The van der Waals surface area contributed by atoms with E-state index in [1.54, 1.807) is 12.1 Å². The summed E-state index contributed by atoms with van der Waals surface area (Å²) < 4.78 is 13.2. The van der Waals surface area contributed by atoms with Gasteiger partial charge in [0.2, 0.25) is 0 Å². The van der Waals surface area contributed by atoms with Gasteiger partial charge in [-0.15, -0.1) is 11.8 Å². The van der Waals surface area contributed by atoms with Crippen LogP contribution < -0.4 is 5.32 Å². The molecule has 2 aromatic rings. The monoisotopic (exact) mass is 307 g/mol. The Bertz CT molecular complexity index is 644. The van der Waals surface area contributed by atoms with E-state index in [1.807, 2.05) is 30.8 Å². The Kier molecular flexibility index (Phi) is 3.90. The van der Waals surface area contributed by atoms with E-state index in [-0.39, 0.29) is 11.9 Å². The third kappa shape index (κ3) is 2.79. The third-order valence-corrected chi connectivity index (χ3v) is 4.89. The predicted molar refractivity (Wildman–Crippen MR) is 84.3 cm³/mol. The first kappa shape index (κ1) is 13.8. The van der Waals surface area contributed by atoms with Gasteiger partial charge in [-0.1, -0.05) is 11.6 Å². The van der Waals surface area contributed by atoms with E-state index in [1.165, 1.54) is 16.5 Å². The molecule has 0 aromatic heterocycles. The van der Waals surface area contributed by atoms with Crippen molar-refractivity contribution >= 4 is 29.1 Å². The van der Waals surface area contributed by atoms with E-state index in [0.29, 0.717) is 0 Å². The summed E-state index contributed by atoms with van der Waals surface area (Å²) in [4.78, 5) is 1.28. The van der Waals surface area contributed by atoms with Crippen LogP contribution in [0.5, 0.6) is 0 Å². The molecule has 1 N–H and O–H groups in total. The summed E-state index contributed by atoms with van der Waals surface area (Å²) in [5, 5.41) is 4.28. The number of hydrogen-bond acceptors (Lipinski definition) is 2. The number of benzene rings is 2. The van der Waals surface area contributed by atoms with Gasteiger partial charge in [0.1, 0.15) is 5.82 Å². The SMILES string of the molecule is Cc1cc(F)ccc1NC1CCSc2ccc(Cl)cc21. The standard InChI is InChI=1S/C16H15ClFNS/c1-10-8-12(18)3-4-14(10)19-15-6-7-20-16-5-2-11(17)9-13(15)16/h2-5,8-9,15,19H,6-7H2,1H3. The van der Waals surface area contributed by atoms with E-state index in [2.05, 4.69) is 11.4 Å². The molecule has 0 saturated carbocycles. The summed E-state index contributed by atoms with van der Waals surface area (Å²) in [6.45, 7) is 1.92. The summed E-state index contributed by atoms with van der Waals surface area (Å²) in [6.07, 6.45) is 1.04. The van der Waals surface area contributed by atoms with Crippen molar-refractivity contribution in [2.24, 2.45) is 0 Å². The van der Waals surface area contributed by atoms with Gasteiger partial charge in [-0.3, -0.25) is 0 Å². The summed E-state index contributed by atoms with van der Waals surface area (Å²) in [5.41, 5.74) is 3.14. The molecule has 1 unspecified atom stereocenters. The lowest BCUT2D eigenvalue weighted by Crippen LogP contribution is -2.16. The highest BCUT2D eigenvalue weighted by atomic mass is 35.5. The van der Waals surface area contributed by atoms with Gasteiger partial charge >= 0.3 is 0 Å². The molecule has 104 valence electrons. The van der Waals surface area contributed by atoms with E-state index in [4.69, 9.17) is 11.6 Å². The summed E-state index contributed by atoms with van der Waals surface area (Å²) >= 11 is 7.97. The van der Waals surface area contributed by atoms with E-state index >= 15 is 0 Å². The van der Waals surface area contributed by atoms with Crippen molar-refractivity contribution in [3.05, 3.63) is 58.4 Å². The number of hydrogen-bond donors (Lipinski definition) is 1. The molecule has 0 aliphatic carbocycles. The van der Waals surface area contributed by atoms with Crippen molar-refractivity contribution in [3.63, 3.8) is 0 Å². The molecule has 0 spiro atoms. The first-order chi connectivity index (χ1) is 9.63. The van der Waals surface area contributed by atoms with E-state index < -0.39 is 0 Å². The Morgan fingerprint density at radius 1 is 1.25 bits per heavy atom. The summed E-state index contributed by atoms with van der Waals surface area (Å²) in [5.74, 6) is 0.878. The number of nitrogens with one attached hydrogen (secondary N) is 1. The maximum atomic E-state index is 13.2. The van der Waals surface area contributed by atoms with Gasteiger partial charge in [0.05, 0.1) is 6.04 Å². The van der Waals surface area contributed by atoms with Gasteiger partial charge in [-0.25, -0.2) is 4.39 Å². The topological polar surface area (TPSA) is 12.0 Å². The molecule has 1 heterocycles. The Morgan fingerprint density at radius 3 is 2.90 bits per heavy atom. The highest BCUT2D eigenvalue weighted by molar-refractivity contribution is 7.99. The normalized spacial score (nSPS) is 17.6. The second-order valence-electron chi connectivity index (χ2n) is 4.98. The Balaban J connectivity index is 1.91. The van der Waals surface area contributed by atoms with Crippen LogP contribution in [0.3, 0.4) is 0 Å². The van der Waals surface area contributed by atoms with Crippen LogP contribution in [-0.4, -0.2) is 5.75 Å². The van der Waals surface area contributed by atoms with Gasteiger partial charge < -0.3 is 5.32 Å². The average Bonchev–Trinajstić information content (AvgIpc) is 2.42. The number of aryl methyl sites for hydroxylation is 1. The number of anilines is 1. The van der Waals surface area contributed by atoms with Crippen molar-refractivity contribution in [3.8, 4) is 0 Å². The number of thioether (sulfide) groups is 1. The number of rotatable bonds is 2. The van der Waals surface area contributed by atoms with Crippen LogP contribution in [0.25, 0.3) is 0 Å². The maximum absolute atomic E-state index is 13.2. The zero-order valence-corrected chi connectivity index (χ0v) is 12.7. The summed E-state index contributed by atoms with van der Waals surface area (Å²) in [6, 6.07) is 11.1.